The lowest BCUT2D eigenvalue weighted by Crippen LogP contribution is -2.23. The molecule has 0 atom stereocenters. The topological polar surface area (TPSA) is 93.5 Å². The van der Waals surface area contributed by atoms with E-state index in [0.29, 0.717) is 12.1 Å². The number of rotatable bonds is 9. The second kappa shape index (κ2) is 16.6. The van der Waals surface area contributed by atoms with Crippen LogP contribution in [0.3, 0.4) is 0 Å². The molecule has 0 saturated carbocycles. The number of amides is 1. The molecule has 0 aromatic rings. The van der Waals surface area contributed by atoms with E-state index in [1.807, 2.05) is 0 Å². The van der Waals surface area contributed by atoms with Gasteiger partial charge in [-0.25, -0.2) is 0 Å². The van der Waals surface area contributed by atoms with Gasteiger partial charge < -0.3 is 16.8 Å². The molecule has 0 heterocycles. The Labute approximate surface area is 117 Å². The van der Waals surface area contributed by atoms with Crippen molar-refractivity contribution in [3.05, 3.63) is 11.8 Å². The smallest absolute Gasteiger partial charge is 0.234 e. The van der Waals surface area contributed by atoms with Gasteiger partial charge in [0.2, 0.25) is 6.41 Å². The molecule has 1 amide bonds. The van der Waals surface area contributed by atoms with Gasteiger partial charge in [-0.05, 0) is 19.9 Å². The van der Waals surface area contributed by atoms with Crippen LogP contribution in [0.4, 0.5) is 0 Å². The molecular formula is C14H30N4O. The third-order valence-corrected chi connectivity index (χ3v) is 2.58. The molecule has 0 fully saturated rings. The molecule has 0 aliphatic carbocycles. The molecule has 5 nitrogen and oxygen atoms in total. The zero-order valence-corrected chi connectivity index (χ0v) is 12.6. The van der Waals surface area contributed by atoms with Crippen LogP contribution in [0.25, 0.3) is 0 Å². The molecule has 19 heavy (non-hydrogen) atoms. The predicted octanol–water partition coefficient (Wildman–Crippen LogP) is 1.93. The van der Waals surface area contributed by atoms with Crippen molar-refractivity contribution in [3.63, 3.8) is 0 Å². The average Bonchev–Trinajstić information content (AvgIpc) is 2.41. The number of carbonyl (C=O) groups is 1. The van der Waals surface area contributed by atoms with E-state index in [1.54, 1.807) is 20.0 Å². The Morgan fingerprint density at radius 1 is 1.21 bits per heavy atom. The maximum atomic E-state index is 9.83. The number of unbranched alkanes of at least 4 members (excludes halogenated alkanes) is 5. The van der Waals surface area contributed by atoms with Gasteiger partial charge in [-0.15, -0.1) is 0 Å². The first-order chi connectivity index (χ1) is 9.17. The van der Waals surface area contributed by atoms with E-state index < -0.39 is 0 Å². The fraction of sp³-hybridized carbons (Fsp3) is 0.714. The van der Waals surface area contributed by atoms with Crippen molar-refractivity contribution >= 4 is 12.2 Å². The summed E-state index contributed by atoms with van der Waals surface area (Å²) in [6.45, 7) is 4.91. The lowest BCUT2D eigenvalue weighted by atomic mass is 10.1. The van der Waals surface area contributed by atoms with Gasteiger partial charge in [-0.2, -0.15) is 4.99 Å². The summed E-state index contributed by atoms with van der Waals surface area (Å²) >= 11 is 0. The van der Waals surface area contributed by atoms with Crippen LogP contribution >= 0.6 is 0 Å². The van der Waals surface area contributed by atoms with Crippen LogP contribution in [0.2, 0.25) is 0 Å². The number of carbonyl (C=O) groups excluding carboxylic acids is 1. The summed E-state index contributed by atoms with van der Waals surface area (Å²) in [5.41, 5.74) is 11.3. The SMILES string of the molecule is CC=C(NC)C(N)=NC=O.CCCCCCCCN. The van der Waals surface area contributed by atoms with Crippen LogP contribution in [0.1, 0.15) is 52.4 Å². The van der Waals surface area contributed by atoms with Crippen LogP contribution < -0.4 is 16.8 Å². The Balaban J connectivity index is 0. The fourth-order valence-corrected chi connectivity index (χ4v) is 1.47. The normalized spacial score (nSPS) is 11.6. The number of nitrogens with zero attached hydrogens (tertiary/aromatic N) is 1. The third-order valence-electron chi connectivity index (χ3n) is 2.58. The summed E-state index contributed by atoms with van der Waals surface area (Å²) in [5.74, 6) is 0.208. The molecule has 0 aliphatic rings. The van der Waals surface area contributed by atoms with E-state index in [2.05, 4.69) is 17.2 Å². The van der Waals surface area contributed by atoms with E-state index in [4.69, 9.17) is 11.5 Å². The zero-order valence-electron chi connectivity index (χ0n) is 12.6. The van der Waals surface area contributed by atoms with Crippen LogP contribution in [-0.2, 0) is 4.79 Å². The molecule has 0 rings (SSSR count). The molecule has 112 valence electrons. The first-order valence-electron chi connectivity index (χ1n) is 6.99. The Morgan fingerprint density at radius 2 is 1.79 bits per heavy atom. The number of aliphatic imine (C=N–C) groups is 1. The van der Waals surface area contributed by atoms with Gasteiger partial charge in [-0.1, -0.05) is 45.1 Å². The summed E-state index contributed by atoms with van der Waals surface area (Å²) in [6.07, 6.45) is 10.2. The number of amidine groups is 1. The molecule has 0 unspecified atom stereocenters. The van der Waals surface area contributed by atoms with Crippen molar-refractivity contribution in [1.29, 1.82) is 0 Å². The average molecular weight is 270 g/mol. The van der Waals surface area contributed by atoms with E-state index in [9.17, 15) is 4.79 Å². The lowest BCUT2D eigenvalue weighted by Gasteiger charge is -2.01. The minimum Gasteiger partial charge on any atom is -0.385 e. The van der Waals surface area contributed by atoms with Crippen LogP contribution in [0.5, 0.6) is 0 Å². The van der Waals surface area contributed by atoms with Crippen molar-refractivity contribution in [1.82, 2.24) is 5.32 Å². The number of hydrogen-bond donors (Lipinski definition) is 3. The van der Waals surface area contributed by atoms with Gasteiger partial charge >= 0.3 is 0 Å². The summed E-state index contributed by atoms with van der Waals surface area (Å²) in [4.78, 5) is 13.2. The highest BCUT2D eigenvalue weighted by Gasteiger charge is 1.95. The van der Waals surface area contributed by atoms with Crippen molar-refractivity contribution < 1.29 is 4.79 Å². The lowest BCUT2D eigenvalue weighted by molar-refractivity contribution is -0.106. The molecule has 0 aromatic heterocycles. The molecule has 0 spiro atoms. The minimum absolute atomic E-state index is 0.208. The van der Waals surface area contributed by atoms with Gasteiger partial charge in [0.15, 0.2) is 0 Å². The van der Waals surface area contributed by atoms with E-state index in [1.165, 1.54) is 38.5 Å². The summed E-state index contributed by atoms with van der Waals surface area (Å²) in [7, 11) is 1.71. The molecule has 0 radical (unpaired) electrons. The van der Waals surface area contributed by atoms with Crippen LogP contribution in [-0.4, -0.2) is 25.8 Å². The van der Waals surface area contributed by atoms with E-state index >= 15 is 0 Å². The highest BCUT2D eigenvalue weighted by molar-refractivity contribution is 5.99. The zero-order chi connectivity index (χ0) is 14.9. The standard InChI is InChI=1S/C8H19N.C6H11N3O/c1-2-3-4-5-6-7-8-9;1-3-5(8-2)6(7)9-4-10/h2-9H2,1H3;3-4,8H,1-2H3,(H2,7,9,10). The van der Waals surface area contributed by atoms with Gasteiger partial charge in [0.25, 0.3) is 0 Å². The number of hydrogen-bond acceptors (Lipinski definition) is 3. The van der Waals surface area contributed by atoms with Crippen LogP contribution in [0.15, 0.2) is 16.8 Å². The quantitative estimate of drug-likeness (QED) is 0.258. The summed E-state index contributed by atoms with van der Waals surface area (Å²) in [5, 5.41) is 2.78. The maximum Gasteiger partial charge on any atom is 0.234 e. The van der Waals surface area contributed by atoms with E-state index in [-0.39, 0.29) is 5.84 Å². The number of likely N-dealkylation sites (N-methyl/N-ethyl adjacent to an activating group) is 1. The van der Waals surface area contributed by atoms with Crippen molar-refractivity contribution in [2.45, 2.75) is 52.4 Å². The van der Waals surface area contributed by atoms with Gasteiger partial charge in [0, 0.05) is 7.05 Å². The Kier molecular flexibility index (Phi) is 17.5. The fourth-order valence-electron chi connectivity index (χ4n) is 1.47. The van der Waals surface area contributed by atoms with Crippen molar-refractivity contribution in [3.8, 4) is 0 Å². The molecule has 5 N–H and O–H groups in total. The number of allylic oxidation sites excluding steroid dienone is 1. The van der Waals surface area contributed by atoms with Crippen molar-refractivity contribution in [2.75, 3.05) is 13.6 Å². The second-order valence-electron chi connectivity index (χ2n) is 4.13. The van der Waals surface area contributed by atoms with Gasteiger partial charge in [0.1, 0.15) is 5.84 Å². The maximum absolute atomic E-state index is 9.83. The Morgan fingerprint density at radius 3 is 2.21 bits per heavy atom. The monoisotopic (exact) mass is 270 g/mol. The highest BCUT2D eigenvalue weighted by atomic mass is 16.1. The predicted molar refractivity (Wildman–Crippen MR) is 82.9 cm³/mol. The molecule has 0 bridgehead atoms. The first-order valence-corrected chi connectivity index (χ1v) is 6.99. The summed E-state index contributed by atoms with van der Waals surface area (Å²) in [6, 6.07) is 0. The molecule has 0 saturated heterocycles. The number of nitrogens with two attached hydrogens (primary N) is 2. The largest absolute Gasteiger partial charge is 0.385 e. The van der Waals surface area contributed by atoms with Crippen molar-refractivity contribution in [2.24, 2.45) is 16.5 Å². The second-order valence-corrected chi connectivity index (χ2v) is 4.13. The van der Waals surface area contributed by atoms with Gasteiger partial charge in [-0.3, -0.25) is 4.79 Å². The summed E-state index contributed by atoms with van der Waals surface area (Å²) < 4.78 is 0. The Bertz CT molecular complexity index is 256. The third kappa shape index (κ3) is 14.6. The number of nitrogens with one attached hydrogen (secondary N) is 1. The molecular weight excluding hydrogens is 240 g/mol. The first kappa shape index (κ1) is 20.0. The molecule has 0 aliphatic heterocycles. The molecule has 5 heteroatoms. The highest BCUT2D eigenvalue weighted by Crippen LogP contribution is 2.03. The Hall–Kier alpha value is -1.36. The molecule has 0 aromatic carbocycles. The van der Waals surface area contributed by atoms with E-state index in [0.717, 1.165) is 6.54 Å². The minimum atomic E-state index is 0.208. The van der Waals surface area contributed by atoms with Gasteiger partial charge in [0.05, 0.1) is 5.70 Å². The van der Waals surface area contributed by atoms with Crippen LogP contribution in [0, 0.1) is 0 Å².